The molecule has 3 rings (SSSR count). The van der Waals surface area contributed by atoms with Crippen molar-refractivity contribution in [2.75, 3.05) is 10.0 Å². The number of allylic oxidation sites excluding steroid dienone is 1. The van der Waals surface area contributed by atoms with Crippen molar-refractivity contribution >= 4 is 43.3 Å². The minimum Gasteiger partial charge on any atom is -0.362 e. The van der Waals surface area contributed by atoms with Gasteiger partial charge in [0.25, 0.3) is 10.0 Å². The van der Waals surface area contributed by atoms with Gasteiger partial charge in [0.1, 0.15) is 0 Å². The quantitative estimate of drug-likeness (QED) is 0.380. The number of benzene rings is 2. The number of nitrogens with one attached hydrogen (secondary N) is 2. The predicted octanol–water partition coefficient (Wildman–Crippen LogP) is 4.66. The number of ketones is 1. The second-order valence-corrected chi connectivity index (χ2v) is 8.80. The van der Waals surface area contributed by atoms with Crippen LogP contribution in [-0.2, 0) is 10.0 Å². The van der Waals surface area contributed by atoms with Gasteiger partial charge < -0.3 is 9.84 Å². The summed E-state index contributed by atoms with van der Waals surface area (Å²) in [6.45, 7) is 3.45. The van der Waals surface area contributed by atoms with Crippen molar-refractivity contribution in [2.24, 2.45) is 0 Å². The first-order chi connectivity index (χ1) is 13.8. The highest BCUT2D eigenvalue weighted by molar-refractivity contribution is 9.10. The van der Waals surface area contributed by atoms with Crippen molar-refractivity contribution in [3.63, 3.8) is 0 Å². The van der Waals surface area contributed by atoms with Crippen molar-refractivity contribution in [2.45, 2.75) is 18.7 Å². The van der Waals surface area contributed by atoms with Gasteiger partial charge in [-0.3, -0.25) is 4.79 Å². The lowest BCUT2D eigenvalue weighted by Crippen LogP contribution is -2.13. The van der Waals surface area contributed by atoms with E-state index < -0.39 is 10.0 Å². The number of carbonyl (C=O) groups excluding carboxylic acids is 1. The van der Waals surface area contributed by atoms with Crippen LogP contribution in [0.5, 0.6) is 0 Å². The fourth-order valence-corrected chi connectivity index (χ4v) is 3.66. The number of hydrogen-bond donors (Lipinski definition) is 2. The summed E-state index contributed by atoms with van der Waals surface area (Å²) < 4.78 is 33.2. The van der Waals surface area contributed by atoms with Crippen LogP contribution >= 0.6 is 15.9 Å². The van der Waals surface area contributed by atoms with Gasteiger partial charge in [-0.25, -0.2) is 13.1 Å². The lowest BCUT2D eigenvalue weighted by Gasteiger charge is -2.07. The summed E-state index contributed by atoms with van der Waals surface area (Å²) in [4.78, 5) is 12.2. The summed E-state index contributed by atoms with van der Waals surface area (Å²) in [5.41, 5.74) is 2.45. The molecule has 0 unspecified atom stereocenters. The van der Waals surface area contributed by atoms with Crippen LogP contribution in [0.3, 0.4) is 0 Å². The Kier molecular flexibility index (Phi) is 6.19. The number of aryl methyl sites for hydroxylation is 1. The first kappa shape index (κ1) is 20.8. The lowest BCUT2D eigenvalue weighted by molar-refractivity contribution is 0.104. The third kappa shape index (κ3) is 5.12. The van der Waals surface area contributed by atoms with E-state index in [0.29, 0.717) is 22.5 Å². The first-order valence-corrected chi connectivity index (χ1v) is 10.8. The van der Waals surface area contributed by atoms with E-state index in [1.165, 1.54) is 24.4 Å². The number of sulfonamides is 1. The van der Waals surface area contributed by atoms with Gasteiger partial charge in [0, 0.05) is 33.6 Å². The average molecular weight is 476 g/mol. The monoisotopic (exact) mass is 475 g/mol. The van der Waals surface area contributed by atoms with Gasteiger partial charge in [0.2, 0.25) is 5.88 Å². The molecular weight excluding hydrogens is 458 g/mol. The summed E-state index contributed by atoms with van der Waals surface area (Å²) in [5.74, 6) is -0.0507. The molecule has 0 bridgehead atoms. The molecule has 0 amide bonds. The number of rotatable bonds is 7. The van der Waals surface area contributed by atoms with Crippen molar-refractivity contribution in [1.82, 2.24) is 5.16 Å². The molecule has 0 saturated heterocycles. The van der Waals surface area contributed by atoms with Crippen LogP contribution in [0, 0.1) is 13.8 Å². The van der Waals surface area contributed by atoms with E-state index in [0.717, 1.165) is 4.47 Å². The summed E-state index contributed by atoms with van der Waals surface area (Å²) >= 11 is 3.32. The van der Waals surface area contributed by atoms with Gasteiger partial charge in [-0.2, -0.15) is 0 Å². The van der Waals surface area contributed by atoms with Crippen molar-refractivity contribution in [3.8, 4) is 0 Å². The minimum absolute atomic E-state index is 0.0754. The van der Waals surface area contributed by atoms with Gasteiger partial charge in [0.15, 0.2) is 5.78 Å². The zero-order valence-electron chi connectivity index (χ0n) is 15.6. The molecule has 0 fully saturated rings. The molecule has 0 aliphatic rings. The molecule has 0 radical (unpaired) electrons. The van der Waals surface area contributed by atoms with Crippen LogP contribution in [0.15, 0.2) is 74.7 Å². The first-order valence-electron chi connectivity index (χ1n) is 8.55. The van der Waals surface area contributed by atoms with E-state index in [1.54, 1.807) is 50.2 Å². The van der Waals surface area contributed by atoms with E-state index in [-0.39, 0.29) is 16.6 Å². The number of anilines is 2. The van der Waals surface area contributed by atoms with Crippen LogP contribution in [0.25, 0.3) is 0 Å². The molecule has 0 saturated carbocycles. The molecule has 29 heavy (non-hydrogen) atoms. The van der Waals surface area contributed by atoms with Gasteiger partial charge in [-0.1, -0.05) is 21.1 Å². The number of nitrogens with zero attached hydrogens (tertiary/aromatic N) is 1. The molecule has 2 N–H and O–H groups in total. The Balaban J connectivity index is 1.64. The molecule has 1 aromatic heterocycles. The smallest absolute Gasteiger partial charge is 0.264 e. The van der Waals surface area contributed by atoms with Crippen LogP contribution < -0.4 is 10.0 Å². The Morgan fingerprint density at radius 3 is 2.31 bits per heavy atom. The van der Waals surface area contributed by atoms with Gasteiger partial charge in [0.05, 0.1) is 10.6 Å². The van der Waals surface area contributed by atoms with Crippen molar-refractivity contribution in [3.05, 3.63) is 82.1 Å². The summed E-state index contributed by atoms with van der Waals surface area (Å²) in [7, 11) is -3.80. The molecule has 0 aliphatic heterocycles. The number of hydrogen-bond acceptors (Lipinski definition) is 6. The van der Waals surface area contributed by atoms with E-state index in [1.807, 2.05) is 0 Å². The standard InChI is InChI=1S/C20H18BrN3O4S/c1-13-14(2)23-28-20(13)24-29(26,27)18-9-7-17(8-10-18)22-12-11-19(25)15-3-5-16(21)6-4-15/h3-12,22,24H,1-2H3/b12-11-. The minimum atomic E-state index is -3.80. The SMILES string of the molecule is Cc1noc(NS(=O)(=O)c2ccc(N/C=C\C(=O)c3ccc(Br)cc3)cc2)c1C. The van der Waals surface area contributed by atoms with Crippen LogP contribution in [-0.4, -0.2) is 19.4 Å². The van der Waals surface area contributed by atoms with E-state index in [2.05, 4.69) is 31.1 Å². The second kappa shape index (κ2) is 8.62. The summed E-state index contributed by atoms with van der Waals surface area (Å²) in [6.07, 6.45) is 2.91. The van der Waals surface area contributed by atoms with E-state index >= 15 is 0 Å². The molecule has 7 nitrogen and oxygen atoms in total. The van der Waals surface area contributed by atoms with E-state index in [4.69, 9.17) is 4.52 Å². The summed E-state index contributed by atoms with van der Waals surface area (Å²) in [6, 6.07) is 13.1. The summed E-state index contributed by atoms with van der Waals surface area (Å²) in [5, 5.41) is 6.68. The molecular formula is C20H18BrN3O4S. The molecule has 0 aliphatic carbocycles. The topological polar surface area (TPSA) is 101 Å². The normalized spacial score (nSPS) is 11.6. The molecule has 1 heterocycles. The van der Waals surface area contributed by atoms with Gasteiger partial charge in [-0.05, 0) is 62.4 Å². The zero-order valence-corrected chi connectivity index (χ0v) is 18.0. The Labute approximate surface area is 177 Å². The maximum absolute atomic E-state index is 12.5. The Bertz CT molecular complexity index is 1150. The maximum atomic E-state index is 12.5. The fraction of sp³-hybridized carbons (Fsp3) is 0.100. The van der Waals surface area contributed by atoms with Gasteiger partial charge in [-0.15, -0.1) is 0 Å². The molecule has 9 heteroatoms. The third-order valence-corrected chi connectivity index (χ3v) is 6.04. The lowest BCUT2D eigenvalue weighted by atomic mass is 10.1. The number of carbonyl (C=O) groups is 1. The highest BCUT2D eigenvalue weighted by atomic mass is 79.9. The van der Waals surface area contributed by atoms with Crippen molar-refractivity contribution in [1.29, 1.82) is 0 Å². The third-order valence-electron chi connectivity index (χ3n) is 4.16. The highest BCUT2D eigenvalue weighted by Gasteiger charge is 2.19. The molecule has 0 atom stereocenters. The average Bonchev–Trinajstić information content (AvgIpc) is 3.00. The fourth-order valence-electron chi connectivity index (χ4n) is 2.35. The number of halogens is 1. The Hall–Kier alpha value is -2.91. The van der Waals surface area contributed by atoms with Crippen LogP contribution in [0.1, 0.15) is 21.6 Å². The van der Waals surface area contributed by atoms with Crippen LogP contribution in [0.4, 0.5) is 11.6 Å². The Morgan fingerprint density at radius 1 is 1.07 bits per heavy atom. The number of aromatic nitrogens is 1. The van der Waals surface area contributed by atoms with Crippen LogP contribution in [0.2, 0.25) is 0 Å². The molecule has 150 valence electrons. The zero-order chi connectivity index (χ0) is 21.0. The molecule has 3 aromatic rings. The van der Waals surface area contributed by atoms with E-state index in [9.17, 15) is 13.2 Å². The predicted molar refractivity (Wildman–Crippen MR) is 114 cm³/mol. The van der Waals surface area contributed by atoms with Crippen molar-refractivity contribution < 1.29 is 17.7 Å². The highest BCUT2D eigenvalue weighted by Crippen LogP contribution is 2.22. The molecule has 2 aromatic carbocycles. The largest absolute Gasteiger partial charge is 0.362 e. The maximum Gasteiger partial charge on any atom is 0.264 e. The molecule has 0 spiro atoms. The van der Waals surface area contributed by atoms with Gasteiger partial charge >= 0.3 is 0 Å². The second-order valence-electron chi connectivity index (χ2n) is 6.20. The Morgan fingerprint density at radius 2 is 1.72 bits per heavy atom.